The summed E-state index contributed by atoms with van der Waals surface area (Å²) in [4.78, 5) is 23.2. The van der Waals surface area contributed by atoms with E-state index in [0.29, 0.717) is 5.69 Å². The fourth-order valence-electron chi connectivity index (χ4n) is 2.20. The molecule has 3 aromatic rings. The third-order valence-electron chi connectivity index (χ3n) is 3.41. The second kappa shape index (κ2) is 4.77. The quantitative estimate of drug-likeness (QED) is 0.749. The standard InChI is InChI=1S/C15H14N4O/c1-9-10(2)18-14-11(9)4-3-5-12(14)19-15(20)13-6-7-16-8-17-13/h3-8,18H,1-2H3,(H,19,20). The number of para-hydroxylation sites is 1. The minimum absolute atomic E-state index is 0.246. The number of hydrogen-bond acceptors (Lipinski definition) is 3. The Hall–Kier alpha value is -2.69. The van der Waals surface area contributed by atoms with Gasteiger partial charge >= 0.3 is 0 Å². The van der Waals surface area contributed by atoms with Crippen LogP contribution in [0.4, 0.5) is 5.69 Å². The first kappa shape index (κ1) is 12.3. The molecule has 0 saturated carbocycles. The van der Waals surface area contributed by atoms with Gasteiger partial charge in [0, 0.05) is 17.3 Å². The number of aryl methyl sites for hydroxylation is 2. The molecule has 2 aromatic heterocycles. The number of nitrogens with one attached hydrogen (secondary N) is 2. The van der Waals surface area contributed by atoms with Gasteiger partial charge in [0.15, 0.2) is 0 Å². The molecule has 0 atom stereocenters. The summed E-state index contributed by atoms with van der Waals surface area (Å²) in [6, 6.07) is 7.42. The fraction of sp³-hybridized carbons (Fsp3) is 0.133. The van der Waals surface area contributed by atoms with Crippen molar-refractivity contribution in [3.63, 3.8) is 0 Å². The number of nitrogens with zero attached hydrogens (tertiary/aromatic N) is 2. The Labute approximate surface area is 116 Å². The van der Waals surface area contributed by atoms with Gasteiger partial charge in [-0.25, -0.2) is 9.97 Å². The van der Waals surface area contributed by atoms with Crippen LogP contribution >= 0.6 is 0 Å². The van der Waals surface area contributed by atoms with Gasteiger partial charge < -0.3 is 10.3 Å². The van der Waals surface area contributed by atoms with E-state index in [1.54, 1.807) is 12.3 Å². The predicted molar refractivity (Wildman–Crippen MR) is 77.8 cm³/mol. The number of H-pyrrole nitrogens is 1. The van der Waals surface area contributed by atoms with Gasteiger partial charge in [-0.15, -0.1) is 0 Å². The maximum atomic E-state index is 12.1. The molecule has 1 amide bonds. The van der Waals surface area contributed by atoms with E-state index in [0.717, 1.165) is 22.3 Å². The van der Waals surface area contributed by atoms with Crippen LogP contribution in [-0.2, 0) is 0 Å². The molecule has 0 radical (unpaired) electrons. The SMILES string of the molecule is Cc1[nH]c2c(NC(=O)c3ccncn3)cccc2c1C. The summed E-state index contributed by atoms with van der Waals surface area (Å²) < 4.78 is 0. The van der Waals surface area contributed by atoms with Crippen LogP contribution in [0.3, 0.4) is 0 Å². The van der Waals surface area contributed by atoms with Gasteiger partial charge in [-0.3, -0.25) is 4.79 Å². The molecule has 0 fully saturated rings. The highest BCUT2D eigenvalue weighted by atomic mass is 16.1. The molecule has 0 aliphatic rings. The Morgan fingerprint density at radius 1 is 1.25 bits per heavy atom. The molecule has 0 saturated heterocycles. The van der Waals surface area contributed by atoms with Crippen LogP contribution in [0.5, 0.6) is 0 Å². The summed E-state index contributed by atoms with van der Waals surface area (Å²) in [7, 11) is 0. The summed E-state index contributed by atoms with van der Waals surface area (Å²) >= 11 is 0. The summed E-state index contributed by atoms with van der Waals surface area (Å²) in [5.41, 5.74) is 4.33. The van der Waals surface area contributed by atoms with Crippen molar-refractivity contribution < 1.29 is 4.79 Å². The highest BCUT2D eigenvalue weighted by molar-refractivity contribution is 6.07. The topological polar surface area (TPSA) is 70.7 Å². The maximum Gasteiger partial charge on any atom is 0.274 e. The Kier molecular flexibility index (Phi) is 2.95. The number of rotatable bonds is 2. The molecule has 1 aromatic carbocycles. The van der Waals surface area contributed by atoms with Crippen LogP contribution < -0.4 is 5.32 Å². The summed E-state index contributed by atoms with van der Waals surface area (Å²) in [6.45, 7) is 4.08. The van der Waals surface area contributed by atoms with Crippen molar-refractivity contribution in [3.05, 3.63) is 53.7 Å². The lowest BCUT2D eigenvalue weighted by Gasteiger charge is -2.05. The van der Waals surface area contributed by atoms with Crippen molar-refractivity contribution in [3.8, 4) is 0 Å². The molecule has 100 valence electrons. The Morgan fingerprint density at radius 3 is 2.85 bits per heavy atom. The molecule has 20 heavy (non-hydrogen) atoms. The van der Waals surface area contributed by atoms with Crippen LogP contribution in [-0.4, -0.2) is 20.9 Å². The third kappa shape index (κ3) is 2.03. The number of benzene rings is 1. The zero-order chi connectivity index (χ0) is 14.1. The lowest BCUT2D eigenvalue weighted by atomic mass is 10.1. The summed E-state index contributed by atoms with van der Waals surface area (Å²) in [5.74, 6) is -0.246. The van der Waals surface area contributed by atoms with Crippen LogP contribution in [0.2, 0.25) is 0 Å². The predicted octanol–water partition coefficient (Wildman–Crippen LogP) is 2.83. The molecule has 0 spiro atoms. The monoisotopic (exact) mass is 266 g/mol. The second-order valence-electron chi connectivity index (χ2n) is 4.65. The van der Waals surface area contributed by atoms with E-state index in [1.807, 2.05) is 25.1 Å². The van der Waals surface area contributed by atoms with Gasteiger partial charge in [-0.2, -0.15) is 0 Å². The van der Waals surface area contributed by atoms with Gasteiger partial charge in [0.2, 0.25) is 0 Å². The van der Waals surface area contributed by atoms with Crippen LogP contribution in [0.1, 0.15) is 21.7 Å². The lowest BCUT2D eigenvalue weighted by Crippen LogP contribution is -2.13. The Balaban J connectivity index is 1.99. The normalized spacial score (nSPS) is 10.7. The number of carbonyl (C=O) groups excluding carboxylic acids is 1. The van der Waals surface area contributed by atoms with E-state index in [2.05, 4.69) is 27.2 Å². The van der Waals surface area contributed by atoms with E-state index < -0.39 is 0 Å². The molecule has 3 rings (SSSR count). The molecular formula is C15H14N4O. The van der Waals surface area contributed by atoms with Gasteiger partial charge in [-0.1, -0.05) is 12.1 Å². The molecule has 0 bridgehead atoms. The maximum absolute atomic E-state index is 12.1. The molecule has 5 heteroatoms. The minimum atomic E-state index is -0.246. The van der Waals surface area contributed by atoms with Crippen LogP contribution in [0.25, 0.3) is 10.9 Å². The molecule has 0 aliphatic heterocycles. The lowest BCUT2D eigenvalue weighted by molar-refractivity contribution is 0.102. The molecule has 5 nitrogen and oxygen atoms in total. The van der Waals surface area contributed by atoms with Crippen LogP contribution in [0, 0.1) is 13.8 Å². The Bertz CT molecular complexity index is 777. The van der Waals surface area contributed by atoms with Crippen molar-refractivity contribution in [1.82, 2.24) is 15.0 Å². The minimum Gasteiger partial charge on any atom is -0.357 e. The number of anilines is 1. The largest absolute Gasteiger partial charge is 0.357 e. The van der Waals surface area contributed by atoms with Crippen molar-refractivity contribution in [2.24, 2.45) is 0 Å². The van der Waals surface area contributed by atoms with Crippen molar-refractivity contribution in [2.45, 2.75) is 13.8 Å². The van der Waals surface area contributed by atoms with E-state index in [9.17, 15) is 4.79 Å². The second-order valence-corrected chi connectivity index (χ2v) is 4.65. The fourth-order valence-corrected chi connectivity index (χ4v) is 2.20. The number of aromatic nitrogens is 3. The number of carbonyl (C=O) groups is 1. The zero-order valence-electron chi connectivity index (χ0n) is 11.3. The first-order chi connectivity index (χ1) is 9.66. The van der Waals surface area contributed by atoms with Crippen molar-refractivity contribution in [2.75, 3.05) is 5.32 Å². The molecule has 2 heterocycles. The van der Waals surface area contributed by atoms with E-state index in [4.69, 9.17) is 0 Å². The van der Waals surface area contributed by atoms with Gasteiger partial charge in [0.1, 0.15) is 12.0 Å². The zero-order valence-corrected chi connectivity index (χ0v) is 11.3. The Morgan fingerprint density at radius 2 is 2.10 bits per heavy atom. The van der Waals surface area contributed by atoms with Gasteiger partial charge in [-0.05, 0) is 31.5 Å². The first-order valence-corrected chi connectivity index (χ1v) is 6.32. The average Bonchev–Trinajstić information content (AvgIpc) is 2.77. The summed E-state index contributed by atoms with van der Waals surface area (Å²) in [5, 5.41) is 4.00. The van der Waals surface area contributed by atoms with E-state index >= 15 is 0 Å². The first-order valence-electron chi connectivity index (χ1n) is 6.32. The highest BCUT2D eigenvalue weighted by Crippen LogP contribution is 2.27. The number of hydrogen-bond donors (Lipinski definition) is 2. The van der Waals surface area contributed by atoms with Gasteiger partial charge in [0.05, 0.1) is 11.2 Å². The smallest absolute Gasteiger partial charge is 0.274 e. The molecule has 0 aliphatic carbocycles. The number of aromatic amines is 1. The van der Waals surface area contributed by atoms with Crippen molar-refractivity contribution in [1.29, 1.82) is 0 Å². The van der Waals surface area contributed by atoms with Crippen molar-refractivity contribution >= 4 is 22.5 Å². The average molecular weight is 266 g/mol. The highest BCUT2D eigenvalue weighted by Gasteiger charge is 2.12. The molecule has 0 unspecified atom stereocenters. The van der Waals surface area contributed by atoms with Crippen LogP contribution in [0.15, 0.2) is 36.8 Å². The number of fused-ring (bicyclic) bond motifs is 1. The molecule has 2 N–H and O–H groups in total. The summed E-state index contributed by atoms with van der Waals surface area (Å²) in [6.07, 6.45) is 2.91. The third-order valence-corrected chi connectivity index (χ3v) is 3.41. The van der Waals surface area contributed by atoms with Gasteiger partial charge in [0.25, 0.3) is 5.91 Å². The van der Waals surface area contributed by atoms with E-state index in [-0.39, 0.29) is 5.91 Å². The number of amides is 1. The molecular weight excluding hydrogens is 252 g/mol. The van der Waals surface area contributed by atoms with E-state index in [1.165, 1.54) is 11.9 Å².